The lowest BCUT2D eigenvalue weighted by atomic mass is 10.0. The van der Waals surface area contributed by atoms with E-state index in [4.69, 9.17) is 4.74 Å². The lowest BCUT2D eigenvalue weighted by Gasteiger charge is -2.25. The first-order chi connectivity index (χ1) is 13.3. The number of tetrazole rings is 1. The molecule has 7 heteroatoms. The van der Waals surface area contributed by atoms with Gasteiger partial charge in [-0.25, -0.2) is 4.68 Å². The van der Waals surface area contributed by atoms with Gasteiger partial charge in [0.1, 0.15) is 12.1 Å². The van der Waals surface area contributed by atoms with Crippen molar-refractivity contribution in [1.82, 2.24) is 25.1 Å². The Labute approximate surface area is 157 Å². The average molecular weight is 363 g/mol. The summed E-state index contributed by atoms with van der Waals surface area (Å²) in [6.07, 6.45) is 3.51. The number of likely N-dealkylation sites (tertiary alicyclic amines) is 1. The van der Waals surface area contributed by atoms with Crippen molar-refractivity contribution in [2.45, 2.75) is 25.8 Å². The van der Waals surface area contributed by atoms with Crippen molar-refractivity contribution in [3.63, 3.8) is 0 Å². The van der Waals surface area contributed by atoms with E-state index in [1.165, 1.54) is 6.33 Å². The topological polar surface area (TPSA) is 73.1 Å². The van der Waals surface area contributed by atoms with Crippen LogP contribution >= 0.6 is 0 Å². The molecule has 0 unspecified atom stereocenters. The first-order valence-corrected chi connectivity index (χ1v) is 9.13. The second kappa shape index (κ2) is 7.57. The summed E-state index contributed by atoms with van der Waals surface area (Å²) < 4.78 is 7.07. The van der Waals surface area contributed by atoms with Crippen molar-refractivity contribution < 1.29 is 9.53 Å². The summed E-state index contributed by atoms with van der Waals surface area (Å²) in [5.74, 6) is 0.907. The third-order valence-electron chi connectivity index (χ3n) is 4.82. The van der Waals surface area contributed by atoms with E-state index in [2.05, 4.69) is 27.7 Å². The molecule has 1 aliphatic rings. The zero-order valence-electron chi connectivity index (χ0n) is 15.2. The second-order valence-corrected chi connectivity index (χ2v) is 6.46. The van der Waals surface area contributed by atoms with Crippen LogP contribution in [0.25, 0.3) is 5.69 Å². The zero-order chi connectivity index (χ0) is 18.6. The van der Waals surface area contributed by atoms with Crippen molar-refractivity contribution in [3.05, 3.63) is 66.0 Å². The predicted octanol–water partition coefficient (Wildman–Crippen LogP) is 3.04. The molecule has 1 aromatic heterocycles. The van der Waals surface area contributed by atoms with Crippen LogP contribution in [0.4, 0.5) is 0 Å². The molecule has 3 aromatic rings. The van der Waals surface area contributed by atoms with Crippen LogP contribution in [0.15, 0.2) is 54.9 Å². The number of amides is 1. The predicted molar refractivity (Wildman–Crippen MR) is 99.8 cm³/mol. The Bertz CT molecular complexity index is 891. The molecule has 7 nitrogen and oxygen atoms in total. The third kappa shape index (κ3) is 3.53. The molecule has 1 fully saturated rings. The van der Waals surface area contributed by atoms with E-state index < -0.39 is 0 Å². The standard InChI is InChI=1S/C20H21N5O2/c1-2-27-18-11-7-15(8-12-18)19-4-3-13-24(19)20(26)16-5-9-17(10-6-16)25-14-21-22-23-25/h5-12,14,19H,2-4,13H2,1H3/t19-/m1/s1. The molecule has 1 saturated heterocycles. The monoisotopic (exact) mass is 363 g/mol. The van der Waals surface area contributed by atoms with Crippen molar-refractivity contribution in [1.29, 1.82) is 0 Å². The Kier molecular flexibility index (Phi) is 4.82. The highest BCUT2D eigenvalue weighted by molar-refractivity contribution is 5.94. The first-order valence-electron chi connectivity index (χ1n) is 9.13. The van der Waals surface area contributed by atoms with Crippen LogP contribution in [0.5, 0.6) is 5.75 Å². The molecule has 0 bridgehead atoms. The molecule has 1 atom stereocenters. The van der Waals surface area contributed by atoms with Crippen LogP contribution in [0.3, 0.4) is 0 Å². The highest BCUT2D eigenvalue weighted by atomic mass is 16.5. The normalized spacial score (nSPS) is 16.5. The summed E-state index contributed by atoms with van der Waals surface area (Å²) >= 11 is 0. The summed E-state index contributed by atoms with van der Waals surface area (Å²) in [7, 11) is 0. The van der Waals surface area contributed by atoms with Crippen molar-refractivity contribution in [3.8, 4) is 11.4 Å². The number of carbonyl (C=O) groups is 1. The number of hydrogen-bond donors (Lipinski definition) is 0. The molecule has 0 aliphatic carbocycles. The molecular formula is C20H21N5O2. The maximum atomic E-state index is 13.1. The van der Waals surface area contributed by atoms with E-state index in [0.29, 0.717) is 12.2 Å². The van der Waals surface area contributed by atoms with E-state index in [1.807, 2.05) is 48.2 Å². The number of ether oxygens (including phenoxy) is 1. The number of rotatable bonds is 5. The summed E-state index contributed by atoms with van der Waals surface area (Å²) in [5.41, 5.74) is 2.64. The average Bonchev–Trinajstić information content (AvgIpc) is 3.41. The van der Waals surface area contributed by atoms with Crippen molar-refractivity contribution in [2.24, 2.45) is 0 Å². The van der Waals surface area contributed by atoms with Gasteiger partial charge in [-0.1, -0.05) is 12.1 Å². The van der Waals surface area contributed by atoms with Crippen LogP contribution in [0.2, 0.25) is 0 Å². The highest BCUT2D eigenvalue weighted by Gasteiger charge is 2.30. The maximum absolute atomic E-state index is 13.1. The maximum Gasteiger partial charge on any atom is 0.254 e. The van der Waals surface area contributed by atoms with Gasteiger partial charge in [-0.2, -0.15) is 0 Å². The van der Waals surface area contributed by atoms with Gasteiger partial charge >= 0.3 is 0 Å². The minimum atomic E-state index is 0.0506. The molecule has 1 aliphatic heterocycles. The van der Waals surface area contributed by atoms with Gasteiger partial charge in [0, 0.05) is 12.1 Å². The van der Waals surface area contributed by atoms with E-state index in [9.17, 15) is 4.79 Å². The Morgan fingerprint density at radius 2 is 1.93 bits per heavy atom. The smallest absolute Gasteiger partial charge is 0.254 e. The summed E-state index contributed by atoms with van der Waals surface area (Å²) in [4.78, 5) is 15.0. The molecule has 1 amide bonds. The van der Waals surface area contributed by atoms with Gasteiger partial charge in [-0.3, -0.25) is 4.79 Å². The Balaban J connectivity index is 1.52. The van der Waals surface area contributed by atoms with E-state index in [1.54, 1.807) is 4.68 Å². The van der Waals surface area contributed by atoms with Crippen molar-refractivity contribution >= 4 is 5.91 Å². The molecule has 0 N–H and O–H groups in total. The number of hydrogen-bond acceptors (Lipinski definition) is 5. The van der Waals surface area contributed by atoms with Crippen LogP contribution in [0, 0.1) is 0 Å². The zero-order valence-corrected chi connectivity index (χ0v) is 15.2. The van der Waals surface area contributed by atoms with E-state index in [0.717, 1.165) is 36.4 Å². The molecule has 2 heterocycles. The third-order valence-corrected chi connectivity index (χ3v) is 4.82. The van der Waals surface area contributed by atoms with E-state index in [-0.39, 0.29) is 11.9 Å². The second-order valence-electron chi connectivity index (χ2n) is 6.46. The molecule has 0 spiro atoms. The molecule has 2 aromatic carbocycles. The molecule has 0 radical (unpaired) electrons. The number of nitrogens with zero attached hydrogens (tertiary/aromatic N) is 5. The fourth-order valence-corrected chi connectivity index (χ4v) is 3.51. The molecule has 0 saturated carbocycles. The number of carbonyl (C=O) groups excluding carboxylic acids is 1. The lowest BCUT2D eigenvalue weighted by Crippen LogP contribution is -2.30. The first kappa shape index (κ1) is 17.2. The fourth-order valence-electron chi connectivity index (χ4n) is 3.51. The highest BCUT2D eigenvalue weighted by Crippen LogP contribution is 2.34. The lowest BCUT2D eigenvalue weighted by molar-refractivity contribution is 0.0735. The molecule has 138 valence electrons. The minimum absolute atomic E-state index is 0.0506. The molecular weight excluding hydrogens is 342 g/mol. The van der Waals surface area contributed by atoms with Gasteiger partial charge in [-0.05, 0) is 72.2 Å². The van der Waals surface area contributed by atoms with Gasteiger partial charge in [-0.15, -0.1) is 5.10 Å². The summed E-state index contributed by atoms with van der Waals surface area (Å²) in [6, 6.07) is 15.5. The molecule has 4 rings (SSSR count). The Hall–Kier alpha value is -3.22. The fraction of sp³-hybridized carbons (Fsp3) is 0.300. The van der Waals surface area contributed by atoms with Crippen LogP contribution in [-0.2, 0) is 0 Å². The SMILES string of the molecule is CCOc1ccc([C@H]2CCCN2C(=O)c2ccc(-n3cnnn3)cc2)cc1. The van der Waals surface area contributed by atoms with Crippen LogP contribution < -0.4 is 4.74 Å². The quantitative estimate of drug-likeness (QED) is 0.697. The Morgan fingerprint density at radius 3 is 2.59 bits per heavy atom. The van der Waals surface area contributed by atoms with Crippen LogP contribution in [0.1, 0.15) is 41.7 Å². The summed E-state index contributed by atoms with van der Waals surface area (Å²) in [6.45, 7) is 3.38. The van der Waals surface area contributed by atoms with Crippen LogP contribution in [-0.4, -0.2) is 44.2 Å². The Morgan fingerprint density at radius 1 is 1.15 bits per heavy atom. The van der Waals surface area contributed by atoms with Gasteiger partial charge in [0.25, 0.3) is 5.91 Å². The van der Waals surface area contributed by atoms with Gasteiger partial charge in [0.05, 0.1) is 18.3 Å². The molecule has 27 heavy (non-hydrogen) atoms. The van der Waals surface area contributed by atoms with Crippen molar-refractivity contribution in [2.75, 3.05) is 13.2 Å². The van der Waals surface area contributed by atoms with E-state index >= 15 is 0 Å². The van der Waals surface area contributed by atoms with Gasteiger partial charge in [0.2, 0.25) is 0 Å². The largest absolute Gasteiger partial charge is 0.494 e. The minimum Gasteiger partial charge on any atom is -0.494 e. The summed E-state index contributed by atoms with van der Waals surface area (Å²) in [5, 5.41) is 11.1. The van der Waals surface area contributed by atoms with Gasteiger partial charge < -0.3 is 9.64 Å². The number of benzene rings is 2. The van der Waals surface area contributed by atoms with Gasteiger partial charge in [0.15, 0.2) is 0 Å². The number of aromatic nitrogens is 4.